The summed E-state index contributed by atoms with van der Waals surface area (Å²) in [6, 6.07) is 15.1. The first-order chi connectivity index (χ1) is 15.1. The maximum atomic E-state index is 12.8. The lowest BCUT2D eigenvalue weighted by Gasteiger charge is -2.40. The van der Waals surface area contributed by atoms with Crippen molar-refractivity contribution in [1.82, 2.24) is 9.80 Å². The Morgan fingerprint density at radius 2 is 1.58 bits per heavy atom. The number of hydrogen-bond acceptors (Lipinski definition) is 4. The van der Waals surface area contributed by atoms with Crippen molar-refractivity contribution in [3.8, 4) is 0 Å². The van der Waals surface area contributed by atoms with Crippen LogP contribution in [0.15, 0.2) is 48.5 Å². The van der Waals surface area contributed by atoms with Gasteiger partial charge in [-0.05, 0) is 68.6 Å². The number of carbonyl (C=O) groups excluding carboxylic acids is 2. The minimum absolute atomic E-state index is 0.186. The highest BCUT2D eigenvalue weighted by atomic mass is 16.2. The predicted octanol–water partition coefficient (Wildman–Crippen LogP) is 3.54. The van der Waals surface area contributed by atoms with Crippen LogP contribution in [0.25, 0.3) is 0 Å². The van der Waals surface area contributed by atoms with Crippen molar-refractivity contribution in [2.24, 2.45) is 0 Å². The minimum atomic E-state index is -0.237. The van der Waals surface area contributed by atoms with Gasteiger partial charge in [-0.2, -0.15) is 0 Å². The van der Waals surface area contributed by atoms with Crippen LogP contribution >= 0.6 is 0 Å². The SMILES string of the molecule is Nc1ccccc1C(=O)Nc1ccc(CC(=O)N2CCC(N3CCCCC3)CC2)cc1. The largest absolute Gasteiger partial charge is 0.398 e. The van der Waals surface area contributed by atoms with Crippen LogP contribution in [-0.2, 0) is 11.2 Å². The lowest BCUT2D eigenvalue weighted by Crippen LogP contribution is -2.48. The quantitative estimate of drug-likeness (QED) is 0.725. The number of para-hydroxylation sites is 1. The van der Waals surface area contributed by atoms with Crippen LogP contribution in [0.5, 0.6) is 0 Å². The standard InChI is InChI=1S/C25H32N4O2/c26-23-7-3-2-6-22(23)25(31)27-20-10-8-19(9-11-20)18-24(30)29-16-12-21(13-17-29)28-14-4-1-5-15-28/h2-3,6-11,21H,1,4-5,12-18,26H2,(H,27,31). The average molecular weight is 421 g/mol. The molecular weight excluding hydrogens is 388 g/mol. The Hall–Kier alpha value is -2.86. The second kappa shape index (κ2) is 9.96. The van der Waals surface area contributed by atoms with E-state index in [-0.39, 0.29) is 11.8 Å². The summed E-state index contributed by atoms with van der Waals surface area (Å²) in [6.45, 7) is 4.15. The highest BCUT2D eigenvalue weighted by Crippen LogP contribution is 2.22. The molecule has 2 aromatic carbocycles. The molecule has 0 saturated carbocycles. The number of nitrogen functional groups attached to an aromatic ring is 1. The van der Waals surface area contributed by atoms with Crippen LogP contribution in [0.3, 0.4) is 0 Å². The van der Waals surface area contributed by atoms with E-state index < -0.39 is 0 Å². The monoisotopic (exact) mass is 420 g/mol. The van der Waals surface area contributed by atoms with Crippen molar-refractivity contribution in [2.75, 3.05) is 37.2 Å². The normalized spacial score (nSPS) is 18.0. The van der Waals surface area contributed by atoms with E-state index in [9.17, 15) is 9.59 Å². The number of nitrogens with one attached hydrogen (secondary N) is 1. The summed E-state index contributed by atoms with van der Waals surface area (Å²) in [5.74, 6) is -0.0514. The number of benzene rings is 2. The van der Waals surface area contributed by atoms with E-state index >= 15 is 0 Å². The van der Waals surface area contributed by atoms with Crippen LogP contribution in [0.4, 0.5) is 11.4 Å². The molecular formula is C25H32N4O2. The molecule has 2 saturated heterocycles. The predicted molar refractivity (Wildman–Crippen MR) is 124 cm³/mol. The molecule has 6 nitrogen and oxygen atoms in total. The highest BCUT2D eigenvalue weighted by molar-refractivity contribution is 6.07. The number of likely N-dealkylation sites (tertiary alicyclic amines) is 2. The third kappa shape index (κ3) is 5.44. The van der Waals surface area contributed by atoms with Gasteiger partial charge in [0.1, 0.15) is 0 Å². The molecule has 2 aromatic rings. The number of amides is 2. The van der Waals surface area contributed by atoms with E-state index in [4.69, 9.17) is 5.73 Å². The molecule has 0 spiro atoms. The third-order valence-electron chi connectivity index (χ3n) is 6.50. The smallest absolute Gasteiger partial charge is 0.257 e. The van der Waals surface area contributed by atoms with Crippen LogP contribution in [0.1, 0.15) is 48.0 Å². The van der Waals surface area contributed by atoms with Gasteiger partial charge in [0, 0.05) is 30.5 Å². The highest BCUT2D eigenvalue weighted by Gasteiger charge is 2.27. The maximum Gasteiger partial charge on any atom is 0.257 e. The summed E-state index contributed by atoms with van der Waals surface area (Å²) >= 11 is 0. The lowest BCUT2D eigenvalue weighted by molar-refractivity contribution is -0.132. The van der Waals surface area contributed by atoms with Crippen molar-refractivity contribution in [2.45, 2.75) is 44.6 Å². The Morgan fingerprint density at radius 3 is 2.26 bits per heavy atom. The molecule has 0 bridgehead atoms. The van der Waals surface area contributed by atoms with E-state index in [1.54, 1.807) is 24.3 Å². The second-order valence-electron chi connectivity index (χ2n) is 8.62. The maximum absolute atomic E-state index is 12.8. The zero-order valence-electron chi connectivity index (χ0n) is 18.1. The van der Waals surface area contributed by atoms with Gasteiger partial charge in [-0.1, -0.05) is 30.7 Å². The zero-order valence-corrected chi connectivity index (χ0v) is 18.1. The number of rotatable bonds is 5. The fourth-order valence-electron chi connectivity index (χ4n) is 4.66. The fourth-order valence-corrected chi connectivity index (χ4v) is 4.66. The topological polar surface area (TPSA) is 78.7 Å². The van der Waals surface area contributed by atoms with E-state index in [1.807, 2.05) is 29.2 Å². The van der Waals surface area contributed by atoms with Crippen LogP contribution in [0.2, 0.25) is 0 Å². The number of carbonyl (C=O) groups is 2. The molecule has 0 aliphatic carbocycles. The number of piperidine rings is 2. The summed E-state index contributed by atoms with van der Waals surface area (Å²) < 4.78 is 0. The number of anilines is 2. The molecule has 164 valence electrons. The second-order valence-corrected chi connectivity index (χ2v) is 8.62. The van der Waals surface area contributed by atoms with Gasteiger partial charge >= 0.3 is 0 Å². The van der Waals surface area contributed by atoms with Gasteiger partial charge in [0.2, 0.25) is 5.91 Å². The summed E-state index contributed by atoms with van der Waals surface area (Å²) in [4.78, 5) is 29.8. The van der Waals surface area contributed by atoms with E-state index in [0.717, 1.165) is 31.5 Å². The van der Waals surface area contributed by atoms with E-state index in [2.05, 4.69) is 10.2 Å². The summed E-state index contributed by atoms with van der Waals surface area (Å²) in [5, 5.41) is 2.86. The van der Waals surface area contributed by atoms with Gasteiger partial charge in [0.05, 0.1) is 12.0 Å². The summed E-state index contributed by atoms with van der Waals surface area (Å²) in [6.07, 6.45) is 6.55. The minimum Gasteiger partial charge on any atom is -0.398 e. The van der Waals surface area contributed by atoms with Crippen LogP contribution in [-0.4, -0.2) is 53.8 Å². The Kier molecular flexibility index (Phi) is 6.87. The summed E-state index contributed by atoms with van der Waals surface area (Å²) in [5.41, 5.74) is 8.42. The lowest BCUT2D eigenvalue weighted by atomic mass is 9.99. The number of hydrogen-bond donors (Lipinski definition) is 2. The van der Waals surface area contributed by atoms with Crippen molar-refractivity contribution in [1.29, 1.82) is 0 Å². The Labute approximate surface area is 184 Å². The molecule has 0 atom stereocenters. The van der Waals surface area contributed by atoms with Crippen molar-refractivity contribution < 1.29 is 9.59 Å². The molecule has 6 heteroatoms. The fraction of sp³-hybridized carbons (Fsp3) is 0.440. The van der Waals surface area contributed by atoms with Gasteiger partial charge in [-0.25, -0.2) is 0 Å². The Morgan fingerprint density at radius 1 is 0.903 bits per heavy atom. The van der Waals surface area contributed by atoms with E-state index in [0.29, 0.717) is 29.4 Å². The van der Waals surface area contributed by atoms with Crippen LogP contribution < -0.4 is 11.1 Å². The molecule has 2 aliphatic heterocycles. The zero-order chi connectivity index (χ0) is 21.6. The van der Waals surface area contributed by atoms with E-state index in [1.165, 1.54) is 32.4 Å². The number of nitrogens with zero attached hydrogens (tertiary/aromatic N) is 2. The average Bonchev–Trinajstić information content (AvgIpc) is 2.81. The van der Waals surface area contributed by atoms with Gasteiger partial charge in [0.15, 0.2) is 0 Å². The van der Waals surface area contributed by atoms with Gasteiger partial charge in [-0.15, -0.1) is 0 Å². The first-order valence-electron chi connectivity index (χ1n) is 11.4. The molecule has 2 aliphatic rings. The Balaban J connectivity index is 1.26. The first-order valence-corrected chi connectivity index (χ1v) is 11.4. The molecule has 0 radical (unpaired) electrons. The number of nitrogens with two attached hydrogens (primary N) is 1. The molecule has 3 N–H and O–H groups in total. The molecule has 31 heavy (non-hydrogen) atoms. The molecule has 2 fully saturated rings. The van der Waals surface area contributed by atoms with Gasteiger partial charge in [-0.3, -0.25) is 9.59 Å². The molecule has 0 aromatic heterocycles. The van der Waals surface area contributed by atoms with Gasteiger partial charge in [0.25, 0.3) is 5.91 Å². The third-order valence-corrected chi connectivity index (χ3v) is 6.50. The Bertz CT molecular complexity index is 898. The molecule has 0 unspecified atom stereocenters. The van der Waals surface area contributed by atoms with Crippen LogP contribution in [0, 0.1) is 0 Å². The molecule has 2 amide bonds. The van der Waals surface area contributed by atoms with Crippen molar-refractivity contribution in [3.63, 3.8) is 0 Å². The first kappa shape index (κ1) is 21.4. The molecule has 2 heterocycles. The van der Waals surface area contributed by atoms with Crippen molar-refractivity contribution >= 4 is 23.2 Å². The van der Waals surface area contributed by atoms with Gasteiger partial charge < -0.3 is 20.9 Å². The van der Waals surface area contributed by atoms with Crippen molar-refractivity contribution in [3.05, 3.63) is 59.7 Å². The summed E-state index contributed by atoms with van der Waals surface area (Å²) in [7, 11) is 0. The molecule has 4 rings (SSSR count).